The standard InChI is InChI=1S/C25H37NO3/c1-8-11-17-24(26(9-2)10-3)20(6)18(4)19(5)21(7)25(24,28)29-23(27)22-15-13-12-14-16-22/h12-16,28H,8-11,17H2,1-7H3. The lowest BCUT2D eigenvalue weighted by Crippen LogP contribution is -2.68. The van der Waals surface area contributed by atoms with Gasteiger partial charge in [-0.05, 0) is 76.1 Å². The monoisotopic (exact) mass is 399 g/mol. The van der Waals surface area contributed by atoms with Crippen molar-refractivity contribution in [1.82, 2.24) is 4.90 Å². The number of unbranched alkanes of at least 4 members (excludes halogenated alkanes) is 1. The Bertz CT molecular complexity index is 792. The number of likely N-dealkylation sites (N-methyl/N-ethyl adjacent to an activating group) is 1. The lowest BCUT2D eigenvalue weighted by atomic mass is 9.66. The molecule has 0 bridgehead atoms. The van der Waals surface area contributed by atoms with E-state index in [9.17, 15) is 9.90 Å². The Hall–Kier alpha value is -1.91. The van der Waals surface area contributed by atoms with Crippen LogP contribution in [0.15, 0.2) is 52.6 Å². The zero-order valence-electron chi connectivity index (χ0n) is 19.1. The number of esters is 1. The summed E-state index contributed by atoms with van der Waals surface area (Å²) in [6, 6.07) is 8.91. The molecule has 0 aromatic heterocycles. The number of carbonyl (C=O) groups excluding carboxylic acids is 1. The number of benzene rings is 1. The molecule has 2 atom stereocenters. The molecule has 1 aromatic carbocycles. The molecule has 0 aliphatic heterocycles. The van der Waals surface area contributed by atoms with E-state index in [4.69, 9.17) is 4.74 Å². The first-order valence-corrected chi connectivity index (χ1v) is 10.8. The van der Waals surface area contributed by atoms with E-state index < -0.39 is 17.3 Å². The van der Waals surface area contributed by atoms with Gasteiger partial charge in [0.15, 0.2) is 0 Å². The molecule has 4 nitrogen and oxygen atoms in total. The molecule has 0 saturated heterocycles. The minimum absolute atomic E-state index is 0.444. The highest BCUT2D eigenvalue weighted by Crippen LogP contribution is 2.51. The second kappa shape index (κ2) is 9.27. The molecule has 0 radical (unpaired) electrons. The molecular formula is C25H37NO3. The topological polar surface area (TPSA) is 49.8 Å². The van der Waals surface area contributed by atoms with E-state index in [1.54, 1.807) is 24.3 Å². The summed E-state index contributed by atoms with van der Waals surface area (Å²) < 4.78 is 6.05. The van der Waals surface area contributed by atoms with Crippen LogP contribution in [0, 0.1) is 0 Å². The predicted octanol–water partition coefficient (Wildman–Crippen LogP) is 5.49. The van der Waals surface area contributed by atoms with E-state index in [0.29, 0.717) is 11.1 Å². The van der Waals surface area contributed by atoms with Gasteiger partial charge in [-0.2, -0.15) is 0 Å². The number of aliphatic hydroxyl groups is 1. The number of carbonyl (C=O) groups is 1. The van der Waals surface area contributed by atoms with Gasteiger partial charge in [-0.25, -0.2) is 4.79 Å². The van der Waals surface area contributed by atoms with Gasteiger partial charge < -0.3 is 9.84 Å². The highest BCUT2D eigenvalue weighted by atomic mass is 16.7. The van der Waals surface area contributed by atoms with E-state index >= 15 is 0 Å². The van der Waals surface area contributed by atoms with Crippen molar-refractivity contribution in [3.05, 3.63) is 58.2 Å². The molecule has 2 unspecified atom stereocenters. The van der Waals surface area contributed by atoms with Crippen LogP contribution in [0.3, 0.4) is 0 Å². The lowest BCUT2D eigenvalue weighted by molar-refractivity contribution is -0.215. The molecule has 0 fully saturated rings. The van der Waals surface area contributed by atoms with Crippen molar-refractivity contribution in [1.29, 1.82) is 0 Å². The molecule has 1 aliphatic carbocycles. The largest absolute Gasteiger partial charge is 0.423 e. The maximum atomic E-state index is 13.1. The third-order valence-electron chi connectivity index (χ3n) is 6.82. The minimum atomic E-state index is -1.73. The summed E-state index contributed by atoms with van der Waals surface area (Å²) in [6.07, 6.45) is 2.65. The van der Waals surface area contributed by atoms with Gasteiger partial charge in [0.05, 0.1) is 5.56 Å². The summed E-state index contributed by atoms with van der Waals surface area (Å²) in [7, 11) is 0. The average Bonchev–Trinajstić information content (AvgIpc) is 2.74. The molecule has 2 rings (SSSR count). The fraction of sp³-hybridized carbons (Fsp3) is 0.560. The Balaban J connectivity index is 2.71. The van der Waals surface area contributed by atoms with Gasteiger partial charge in [0.2, 0.25) is 0 Å². The third kappa shape index (κ3) is 3.80. The molecule has 1 N–H and O–H groups in total. The van der Waals surface area contributed by atoms with Crippen molar-refractivity contribution in [2.75, 3.05) is 13.1 Å². The van der Waals surface area contributed by atoms with Crippen molar-refractivity contribution in [2.24, 2.45) is 0 Å². The van der Waals surface area contributed by atoms with Gasteiger partial charge in [-0.3, -0.25) is 4.90 Å². The first-order chi connectivity index (χ1) is 13.7. The zero-order valence-corrected chi connectivity index (χ0v) is 19.1. The van der Waals surface area contributed by atoms with Crippen molar-refractivity contribution >= 4 is 5.97 Å². The van der Waals surface area contributed by atoms with Crippen LogP contribution >= 0.6 is 0 Å². The second-order valence-corrected chi connectivity index (χ2v) is 8.04. The summed E-state index contributed by atoms with van der Waals surface area (Å²) in [4.78, 5) is 15.3. The van der Waals surface area contributed by atoms with Crippen molar-refractivity contribution in [3.8, 4) is 0 Å². The van der Waals surface area contributed by atoms with Crippen LogP contribution in [0.25, 0.3) is 0 Å². The highest BCUT2D eigenvalue weighted by molar-refractivity contribution is 5.90. The lowest BCUT2D eigenvalue weighted by Gasteiger charge is -2.56. The van der Waals surface area contributed by atoms with Gasteiger partial charge in [-0.1, -0.05) is 51.8 Å². The number of ether oxygens (including phenoxy) is 1. The second-order valence-electron chi connectivity index (χ2n) is 8.04. The van der Waals surface area contributed by atoms with Crippen LogP contribution in [0.1, 0.15) is 78.1 Å². The molecule has 1 aliphatic rings. The summed E-state index contributed by atoms with van der Waals surface area (Å²) in [6.45, 7) is 15.9. The molecule has 0 saturated carbocycles. The van der Waals surface area contributed by atoms with Crippen LogP contribution in [-0.2, 0) is 4.74 Å². The zero-order chi connectivity index (χ0) is 21.8. The van der Waals surface area contributed by atoms with Gasteiger partial charge in [0.1, 0.15) is 5.54 Å². The Morgan fingerprint density at radius 3 is 2.03 bits per heavy atom. The van der Waals surface area contributed by atoms with Crippen LogP contribution in [-0.4, -0.2) is 40.4 Å². The number of rotatable bonds is 8. The molecule has 29 heavy (non-hydrogen) atoms. The molecule has 4 heteroatoms. The Kier molecular flexibility index (Phi) is 7.47. The fourth-order valence-corrected chi connectivity index (χ4v) is 4.78. The normalized spacial score (nSPS) is 25.0. The van der Waals surface area contributed by atoms with Crippen LogP contribution in [0.5, 0.6) is 0 Å². The summed E-state index contributed by atoms with van der Waals surface area (Å²) >= 11 is 0. The number of hydrogen-bond donors (Lipinski definition) is 1. The van der Waals surface area contributed by atoms with Crippen molar-refractivity contribution < 1.29 is 14.6 Å². The quantitative estimate of drug-likeness (QED) is 0.464. The van der Waals surface area contributed by atoms with E-state index in [-0.39, 0.29) is 0 Å². The maximum Gasteiger partial charge on any atom is 0.340 e. The third-order valence-corrected chi connectivity index (χ3v) is 6.82. The van der Waals surface area contributed by atoms with Gasteiger partial charge in [0, 0.05) is 5.57 Å². The molecular weight excluding hydrogens is 362 g/mol. The molecule has 0 amide bonds. The average molecular weight is 400 g/mol. The summed E-state index contributed by atoms with van der Waals surface area (Å²) in [5, 5.41) is 12.2. The molecule has 160 valence electrons. The Morgan fingerprint density at radius 1 is 0.966 bits per heavy atom. The van der Waals surface area contributed by atoms with Crippen LogP contribution < -0.4 is 0 Å². The molecule has 0 heterocycles. The smallest absolute Gasteiger partial charge is 0.340 e. The van der Waals surface area contributed by atoms with Gasteiger partial charge in [0.25, 0.3) is 5.79 Å². The van der Waals surface area contributed by atoms with Gasteiger partial charge in [-0.15, -0.1) is 0 Å². The Labute approximate surface area is 176 Å². The van der Waals surface area contributed by atoms with E-state index in [1.165, 1.54) is 5.57 Å². The van der Waals surface area contributed by atoms with Crippen molar-refractivity contribution in [3.63, 3.8) is 0 Å². The van der Waals surface area contributed by atoms with Crippen molar-refractivity contribution in [2.45, 2.75) is 79.1 Å². The molecule has 0 spiro atoms. The number of hydrogen-bond acceptors (Lipinski definition) is 4. The SMILES string of the molecule is CCCCC1(N(CC)CC)C(C)=C(C)C(C)=C(C)C1(O)OC(=O)c1ccccc1. The number of allylic oxidation sites excluding steroid dienone is 2. The maximum absolute atomic E-state index is 13.1. The fourth-order valence-electron chi connectivity index (χ4n) is 4.78. The minimum Gasteiger partial charge on any atom is -0.423 e. The van der Waals surface area contributed by atoms with Crippen LogP contribution in [0.4, 0.5) is 0 Å². The first-order valence-electron chi connectivity index (χ1n) is 10.8. The van der Waals surface area contributed by atoms with E-state index in [0.717, 1.165) is 43.5 Å². The van der Waals surface area contributed by atoms with Crippen LogP contribution in [0.2, 0.25) is 0 Å². The molecule has 1 aromatic rings. The Morgan fingerprint density at radius 2 is 1.52 bits per heavy atom. The summed E-state index contributed by atoms with van der Waals surface area (Å²) in [5.41, 5.74) is 3.62. The highest BCUT2D eigenvalue weighted by Gasteiger charge is 2.60. The van der Waals surface area contributed by atoms with Gasteiger partial charge >= 0.3 is 5.97 Å². The first kappa shape index (κ1) is 23.4. The van der Waals surface area contributed by atoms with E-state index in [2.05, 4.69) is 39.5 Å². The van der Waals surface area contributed by atoms with E-state index in [1.807, 2.05) is 19.9 Å². The number of nitrogens with zero attached hydrogens (tertiary/aromatic N) is 1. The summed E-state index contributed by atoms with van der Waals surface area (Å²) in [5.74, 6) is -2.23. The predicted molar refractivity (Wildman–Crippen MR) is 119 cm³/mol.